The highest BCUT2D eigenvalue weighted by Crippen LogP contribution is 2.25. The molecule has 0 unspecified atom stereocenters. The topological polar surface area (TPSA) is 34.1 Å². The van der Waals surface area contributed by atoms with Gasteiger partial charge in [-0.05, 0) is 24.8 Å². The van der Waals surface area contributed by atoms with Gasteiger partial charge >= 0.3 is 0 Å². The van der Waals surface area contributed by atoms with Crippen molar-refractivity contribution in [1.82, 2.24) is 4.98 Å². The molecule has 0 bridgehead atoms. The molecule has 1 heterocycles. The van der Waals surface area contributed by atoms with Crippen LogP contribution in [0.25, 0.3) is 6.08 Å². The summed E-state index contributed by atoms with van der Waals surface area (Å²) < 4.78 is 5.03. The van der Waals surface area contributed by atoms with E-state index in [1.807, 2.05) is 18.2 Å². The molecular formula is C16H23ClN2O. The standard InChI is InChI=1S/C16H23ClN2O/c1-20-9-5-8-14-12-19-16(17)10-15(14)18-11-13-6-3-2-4-7-13/h5,8,10,12-13H,2-4,6-7,9,11H2,1H3,(H,18,19)/b8-5+. The highest BCUT2D eigenvalue weighted by molar-refractivity contribution is 6.29. The minimum Gasteiger partial charge on any atom is -0.384 e. The average Bonchev–Trinajstić information content (AvgIpc) is 2.48. The van der Waals surface area contributed by atoms with Crippen LogP contribution in [-0.2, 0) is 4.74 Å². The zero-order valence-electron chi connectivity index (χ0n) is 12.1. The van der Waals surface area contributed by atoms with Crippen LogP contribution in [0.15, 0.2) is 18.3 Å². The lowest BCUT2D eigenvalue weighted by atomic mass is 9.89. The van der Waals surface area contributed by atoms with Gasteiger partial charge in [-0.3, -0.25) is 0 Å². The van der Waals surface area contributed by atoms with Crippen molar-refractivity contribution >= 4 is 23.4 Å². The number of nitrogens with one attached hydrogen (secondary N) is 1. The monoisotopic (exact) mass is 294 g/mol. The van der Waals surface area contributed by atoms with Gasteiger partial charge in [0.2, 0.25) is 0 Å². The molecule has 1 fully saturated rings. The number of hydrogen-bond donors (Lipinski definition) is 1. The molecule has 3 nitrogen and oxygen atoms in total. The Morgan fingerprint density at radius 1 is 1.40 bits per heavy atom. The zero-order valence-corrected chi connectivity index (χ0v) is 12.8. The van der Waals surface area contributed by atoms with E-state index in [0.29, 0.717) is 11.8 Å². The Hall–Kier alpha value is -1.06. The number of nitrogens with zero attached hydrogens (tertiary/aromatic N) is 1. The quantitative estimate of drug-likeness (QED) is 0.790. The van der Waals surface area contributed by atoms with Crippen molar-refractivity contribution in [2.45, 2.75) is 32.1 Å². The predicted octanol–water partition coefficient (Wildman–Crippen LogP) is 4.39. The van der Waals surface area contributed by atoms with E-state index >= 15 is 0 Å². The molecule has 2 rings (SSSR count). The fourth-order valence-corrected chi connectivity index (χ4v) is 2.80. The van der Waals surface area contributed by atoms with Crippen molar-refractivity contribution in [1.29, 1.82) is 0 Å². The van der Waals surface area contributed by atoms with E-state index in [1.165, 1.54) is 32.1 Å². The first-order valence-corrected chi connectivity index (χ1v) is 7.72. The Morgan fingerprint density at radius 2 is 2.20 bits per heavy atom. The van der Waals surface area contributed by atoms with Gasteiger partial charge < -0.3 is 10.1 Å². The van der Waals surface area contributed by atoms with Gasteiger partial charge in [-0.15, -0.1) is 0 Å². The van der Waals surface area contributed by atoms with E-state index < -0.39 is 0 Å². The van der Waals surface area contributed by atoms with Crippen molar-refractivity contribution in [3.05, 3.63) is 29.1 Å². The third kappa shape index (κ3) is 4.80. The molecule has 0 radical (unpaired) electrons. The molecule has 0 aromatic carbocycles. The van der Waals surface area contributed by atoms with Gasteiger partial charge in [-0.25, -0.2) is 4.98 Å². The fraction of sp³-hybridized carbons (Fsp3) is 0.562. The lowest BCUT2D eigenvalue weighted by Gasteiger charge is -2.22. The Labute approximate surface area is 126 Å². The molecule has 1 aromatic rings. The maximum Gasteiger partial charge on any atom is 0.131 e. The average molecular weight is 295 g/mol. The van der Waals surface area contributed by atoms with Gasteiger partial charge in [0.25, 0.3) is 0 Å². The molecule has 0 spiro atoms. The number of ether oxygens (including phenoxy) is 1. The smallest absolute Gasteiger partial charge is 0.131 e. The second kappa shape index (κ2) is 8.28. The second-order valence-electron chi connectivity index (χ2n) is 5.34. The second-order valence-corrected chi connectivity index (χ2v) is 5.72. The van der Waals surface area contributed by atoms with Gasteiger partial charge in [0, 0.05) is 31.1 Å². The number of pyridine rings is 1. The molecule has 110 valence electrons. The Balaban J connectivity index is 1.98. The number of rotatable bonds is 6. The van der Waals surface area contributed by atoms with Crippen LogP contribution in [0.5, 0.6) is 0 Å². The van der Waals surface area contributed by atoms with Gasteiger partial charge in [0.15, 0.2) is 0 Å². The number of halogens is 1. The van der Waals surface area contributed by atoms with Gasteiger partial charge in [-0.1, -0.05) is 43.0 Å². The summed E-state index contributed by atoms with van der Waals surface area (Å²) in [5.41, 5.74) is 2.12. The van der Waals surface area contributed by atoms with Gasteiger partial charge in [0.1, 0.15) is 5.15 Å². The molecule has 0 saturated heterocycles. The summed E-state index contributed by atoms with van der Waals surface area (Å²) in [6.45, 7) is 1.62. The van der Waals surface area contributed by atoms with Crippen LogP contribution in [0.4, 0.5) is 5.69 Å². The van der Waals surface area contributed by atoms with E-state index in [0.717, 1.165) is 23.7 Å². The summed E-state index contributed by atoms with van der Waals surface area (Å²) >= 11 is 6.00. The highest BCUT2D eigenvalue weighted by Gasteiger charge is 2.13. The van der Waals surface area contributed by atoms with Crippen LogP contribution < -0.4 is 5.32 Å². The van der Waals surface area contributed by atoms with Gasteiger partial charge in [-0.2, -0.15) is 0 Å². The maximum atomic E-state index is 6.00. The first kappa shape index (κ1) is 15.3. The Bertz CT molecular complexity index is 442. The van der Waals surface area contributed by atoms with Crippen LogP contribution in [0, 0.1) is 5.92 Å². The number of anilines is 1. The summed E-state index contributed by atoms with van der Waals surface area (Å²) in [5, 5.41) is 4.06. The van der Waals surface area contributed by atoms with Crippen molar-refractivity contribution in [3.63, 3.8) is 0 Å². The Kier molecular flexibility index (Phi) is 6.34. The van der Waals surface area contributed by atoms with Crippen LogP contribution in [0.2, 0.25) is 5.15 Å². The largest absolute Gasteiger partial charge is 0.384 e. The highest BCUT2D eigenvalue weighted by atomic mass is 35.5. The Morgan fingerprint density at radius 3 is 2.95 bits per heavy atom. The number of methoxy groups -OCH3 is 1. The molecule has 0 atom stereocenters. The number of hydrogen-bond acceptors (Lipinski definition) is 3. The normalized spacial score (nSPS) is 16.7. The molecule has 4 heteroatoms. The van der Waals surface area contributed by atoms with Crippen molar-refractivity contribution in [2.75, 3.05) is 25.6 Å². The zero-order chi connectivity index (χ0) is 14.2. The summed E-state index contributed by atoms with van der Waals surface area (Å²) in [6.07, 6.45) is 12.6. The molecule has 0 aliphatic heterocycles. The molecule has 0 amide bonds. The van der Waals surface area contributed by atoms with E-state index in [2.05, 4.69) is 10.3 Å². The van der Waals surface area contributed by atoms with E-state index in [1.54, 1.807) is 13.3 Å². The summed E-state index contributed by atoms with van der Waals surface area (Å²) in [4.78, 5) is 4.15. The molecule has 1 aromatic heterocycles. The van der Waals surface area contributed by atoms with Crippen LogP contribution in [0.1, 0.15) is 37.7 Å². The summed E-state index contributed by atoms with van der Waals surface area (Å²) in [5.74, 6) is 0.784. The SMILES string of the molecule is COC/C=C/c1cnc(Cl)cc1NCC1CCCCC1. The first-order valence-electron chi connectivity index (χ1n) is 7.34. The maximum absolute atomic E-state index is 6.00. The van der Waals surface area contributed by atoms with E-state index in [4.69, 9.17) is 16.3 Å². The van der Waals surface area contributed by atoms with Crippen molar-refractivity contribution in [3.8, 4) is 0 Å². The van der Waals surface area contributed by atoms with Crippen molar-refractivity contribution < 1.29 is 4.74 Å². The van der Waals surface area contributed by atoms with Crippen LogP contribution >= 0.6 is 11.6 Å². The number of aromatic nitrogens is 1. The summed E-state index contributed by atoms with van der Waals surface area (Å²) in [6, 6.07) is 1.90. The molecule has 1 aliphatic carbocycles. The summed E-state index contributed by atoms with van der Waals surface area (Å²) in [7, 11) is 1.69. The lowest BCUT2D eigenvalue weighted by molar-refractivity contribution is 0.234. The van der Waals surface area contributed by atoms with Crippen molar-refractivity contribution in [2.24, 2.45) is 5.92 Å². The molecule has 1 saturated carbocycles. The van der Waals surface area contributed by atoms with E-state index in [-0.39, 0.29) is 0 Å². The predicted molar refractivity (Wildman–Crippen MR) is 85.2 cm³/mol. The minimum atomic E-state index is 0.528. The van der Waals surface area contributed by atoms with Gasteiger partial charge in [0.05, 0.1) is 6.61 Å². The molecule has 1 aliphatic rings. The van der Waals surface area contributed by atoms with Crippen LogP contribution in [-0.4, -0.2) is 25.2 Å². The third-order valence-corrected chi connectivity index (χ3v) is 3.97. The third-order valence-electron chi connectivity index (χ3n) is 3.77. The molecule has 1 N–H and O–H groups in total. The fourth-order valence-electron chi connectivity index (χ4n) is 2.64. The van der Waals surface area contributed by atoms with Crippen LogP contribution in [0.3, 0.4) is 0 Å². The van der Waals surface area contributed by atoms with E-state index in [9.17, 15) is 0 Å². The molecule has 20 heavy (non-hydrogen) atoms. The minimum absolute atomic E-state index is 0.528. The lowest BCUT2D eigenvalue weighted by Crippen LogP contribution is -2.17. The first-order chi connectivity index (χ1) is 9.79. The molecular weight excluding hydrogens is 272 g/mol.